The van der Waals surface area contributed by atoms with Crippen LogP contribution >= 0.6 is 0 Å². The molecule has 2 bridgehead atoms. The van der Waals surface area contributed by atoms with E-state index in [1.165, 1.54) is 63.4 Å². The Morgan fingerprint density at radius 3 is 2.19 bits per heavy atom. The summed E-state index contributed by atoms with van der Waals surface area (Å²) in [7, 11) is -3.22. The molecule has 198 valence electrons. The molecule has 2 atom stereocenters. The van der Waals surface area contributed by atoms with Crippen LogP contribution in [0.25, 0.3) is 17.0 Å². The van der Waals surface area contributed by atoms with Gasteiger partial charge < -0.3 is 4.90 Å². The first kappa shape index (κ1) is 25.0. The van der Waals surface area contributed by atoms with Crippen LogP contribution in [0.3, 0.4) is 0 Å². The second-order valence-electron chi connectivity index (χ2n) is 11.8. The fourth-order valence-electron chi connectivity index (χ4n) is 7.15. The van der Waals surface area contributed by atoms with E-state index in [0.717, 1.165) is 22.8 Å². The summed E-state index contributed by atoms with van der Waals surface area (Å²) < 4.78 is 25.6. The molecule has 0 saturated carbocycles. The number of sulfone groups is 1. The van der Waals surface area contributed by atoms with Crippen molar-refractivity contribution in [3.05, 3.63) is 47.7 Å². The number of rotatable bonds is 5. The summed E-state index contributed by atoms with van der Waals surface area (Å²) in [6.07, 6.45) is 11.2. The number of likely N-dealkylation sites (tertiary alicyclic amines) is 1. The van der Waals surface area contributed by atoms with Crippen molar-refractivity contribution in [2.24, 2.45) is 0 Å². The van der Waals surface area contributed by atoms with Crippen LogP contribution in [0.5, 0.6) is 0 Å². The smallest absolute Gasteiger partial charge is 0.182 e. The van der Waals surface area contributed by atoms with Gasteiger partial charge in [0.2, 0.25) is 0 Å². The maximum Gasteiger partial charge on any atom is 0.182 e. The van der Waals surface area contributed by atoms with Gasteiger partial charge in [-0.2, -0.15) is 0 Å². The molecule has 7 nitrogen and oxygen atoms in total. The molecule has 5 heterocycles. The molecule has 0 spiro atoms. The fourth-order valence-corrected chi connectivity index (χ4v) is 7.78. The Balaban J connectivity index is 1.20. The minimum Gasteiger partial charge on any atom is -0.301 e. The molecule has 2 aromatic heterocycles. The quantitative estimate of drug-likeness (QED) is 0.485. The van der Waals surface area contributed by atoms with Crippen molar-refractivity contribution in [2.75, 3.05) is 19.3 Å². The highest BCUT2D eigenvalue weighted by Gasteiger charge is 2.44. The lowest BCUT2D eigenvalue weighted by Crippen LogP contribution is -2.53. The molecule has 0 aliphatic carbocycles. The maximum atomic E-state index is 11.8. The second kappa shape index (κ2) is 9.47. The zero-order chi connectivity index (χ0) is 25.9. The van der Waals surface area contributed by atoms with Gasteiger partial charge in [0, 0.05) is 42.2 Å². The first-order chi connectivity index (χ1) is 17.7. The topological polar surface area (TPSA) is 70.8 Å². The van der Waals surface area contributed by atoms with Crippen LogP contribution < -0.4 is 0 Å². The number of aromatic nitrogens is 3. The molecule has 0 N–H and O–H groups in total. The first-order valence-corrected chi connectivity index (χ1v) is 15.8. The van der Waals surface area contributed by atoms with E-state index in [-0.39, 0.29) is 0 Å². The normalized spacial score (nSPS) is 25.9. The third-order valence-corrected chi connectivity index (χ3v) is 10.2. The standard InChI is InChI=1S/C29H39N5O2S/c1-19(2)32-13-11-24(12-14-32)34-25-7-8-26(34)17-22(16-25)23-15-20(3)29-30-28(31-33(29)18-23)21-5-9-27(10-6-21)37(4,35)36/h5-6,9-10,15,18-19,22,24-26H,7-8,11-14,16-17H2,1-4H3. The molecule has 3 aliphatic heterocycles. The third kappa shape index (κ3) is 4.72. The van der Waals surface area contributed by atoms with Crippen LogP contribution in [-0.2, 0) is 9.84 Å². The zero-order valence-electron chi connectivity index (χ0n) is 22.5. The van der Waals surface area contributed by atoms with Crippen molar-refractivity contribution in [3.8, 4) is 11.4 Å². The number of piperidine rings is 2. The summed E-state index contributed by atoms with van der Waals surface area (Å²) in [4.78, 5) is 10.7. The van der Waals surface area contributed by atoms with Crippen LogP contribution in [0.4, 0.5) is 0 Å². The van der Waals surface area contributed by atoms with E-state index in [4.69, 9.17) is 10.1 Å². The Kier molecular flexibility index (Phi) is 6.40. The molecule has 2 unspecified atom stereocenters. The molecule has 3 saturated heterocycles. The van der Waals surface area contributed by atoms with Gasteiger partial charge in [-0.25, -0.2) is 17.9 Å². The Hall–Kier alpha value is -2.29. The SMILES string of the molecule is Cc1cc(C2CC3CCC(C2)N3C2CCN(C(C)C)CC2)cn2nc(-c3ccc(S(C)(=O)=O)cc3)nc12. The van der Waals surface area contributed by atoms with Gasteiger partial charge in [0.15, 0.2) is 21.3 Å². The molecule has 3 aliphatic rings. The largest absolute Gasteiger partial charge is 0.301 e. The number of nitrogens with zero attached hydrogens (tertiary/aromatic N) is 5. The van der Waals surface area contributed by atoms with Crippen LogP contribution in [0, 0.1) is 6.92 Å². The maximum absolute atomic E-state index is 11.8. The van der Waals surface area contributed by atoms with Crippen LogP contribution in [-0.4, -0.2) is 76.3 Å². The Labute approximate surface area is 220 Å². The minimum atomic E-state index is -3.22. The van der Waals surface area contributed by atoms with Crippen LogP contribution in [0.1, 0.15) is 69.4 Å². The van der Waals surface area contributed by atoms with Crippen molar-refractivity contribution in [2.45, 2.75) is 94.3 Å². The van der Waals surface area contributed by atoms with Gasteiger partial charge >= 0.3 is 0 Å². The number of fused-ring (bicyclic) bond motifs is 3. The third-order valence-electron chi connectivity index (χ3n) is 9.09. The summed E-state index contributed by atoms with van der Waals surface area (Å²) in [6.45, 7) is 9.24. The Bertz CT molecular complexity index is 1380. The number of hydrogen-bond acceptors (Lipinski definition) is 6. The molecule has 37 heavy (non-hydrogen) atoms. The van der Waals surface area contributed by atoms with Gasteiger partial charge in [-0.1, -0.05) is 6.07 Å². The van der Waals surface area contributed by atoms with Crippen LogP contribution in [0.15, 0.2) is 41.4 Å². The zero-order valence-corrected chi connectivity index (χ0v) is 23.3. The van der Waals surface area contributed by atoms with Gasteiger partial charge in [-0.15, -0.1) is 5.10 Å². The predicted octanol–water partition coefficient (Wildman–Crippen LogP) is 4.69. The van der Waals surface area contributed by atoms with Crippen molar-refractivity contribution in [1.82, 2.24) is 24.4 Å². The molecule has 3 fully saturated rings. The first-order valence-electron chi connectivity index (χ1n) is 13.9. The summed E-state index contributed by atoms with van der Waals surface area (Å²) in [5.74, 6) is 1.19. The van der Waals surface area contributed by atoms with Crippen molar-refractivity contribution < 1.29 is 8.42 Å². The number of pyridine rings is 1. The van der Waals surface area contributed by atoms with E-state index in [1.807, 2.05) is 4.52 Å². The summed E-state index contributed by atoms with van der Waals surface area (Å²) in [5.41, 5.74) is 4.20. The van der Waals surface area contributed by atoms with Gasteiger partial charge in [0.1, 0.15) is 0 Å². The van der Waals surface area contributed by atoms with Gasteiger partial charge in [-0.3, -0.25) is 4.90 Å². The molecule has 8 heteroatoms. The number of aryl methyl sites for hydroxylation is 1. The predicted molar refractivity (Wildman–Crippen MR) is 147 cm³/mol. The van der Waals surface area contributed by atoms with Gasteiger partial charge in [0.05, 0.1) is 4.90 Å². The van der Waals surface area contributed by atoms with E-state index in [2.05, 4.69) is 42.8 Å². The molecular weight excluding hydrogens is 482 g/mol. The van der Waals surface area contributed by atoms with Gasteiger partial charge in [-0.05, 0) is 114 Å². The molecule has 0 radical (unpaired) electrons. The van der Waals surface area contributed by atoms with E-state index < -0.39 is 9.84 Å². The number of benzene rings is 1. The Morgan fingerprint density at radius 1 is 0.946 bits per heavy atom. The highest BCUT2D eigenvalue weighted by atomic mass is 32.2. The van der Waals surface area contributed by atoms with Crippen molar-refractivity contribution >= 4 is 15.5 Å². The average Bonchev–Trinajstić information content (AvgIpc) is 3.42. The number of hydrogen-bond donors (Lipinski definition) is 0. The monoisotopic (exact) mass is 521 g/mol. The lowest BCUT2D eigenvalue weighted by molar-refractivity contribution is 0.0311. The van der Waals surface area contributed by atoms with Gasteiger partial charge in [0.25, 0.3) is 0 Å². The van der Waals surface area contributed by atoms with E-state index in [0.29, 0.717) is 34.8 Å². The lowest BCUT2D eigenvalue weighted by Gasteiger charge is -2.47. The molecular formula is C29H39N5O2S. The molecule has 1 aromatic carbocycles. The summed E-state index contributed by atoms with van der Waals surface area (Å²) >= 11 is 0. The highest BCUT2D eigenvalue weighted by molar-refractivity contribution is 7.90. The Morgan fingerprint density at radius 2 is 1.59 bits per heavy atom. The lowest BCUT2D eigenvalue weighted by atomic mass is 9.83. The van der Waals surface area contributed by atoms with Crippen LogP contribution in [0.2, 0.25) is 0 Å². The molecule has 6 rings (SSSR count). The fraction of sp³-hybridized carbons (Fsp3) is 0.586. The summed E-state index contributed by atoms with van der Waals surface area (Å²) in [6, 6.07) is 12.0. The minimum absolute atomic E-state index is 0.310. The van der Waals surface area contributed by atoms with Crippen molar-refractivity contribution in [1.29, 1.82) is 0 Å². The second-order valence-corrected chi connectivity index (χ2v) is 13.8. The van der Waals surface area contributed by atoms with E-state index in [1.54, 1.807) is 24.3 Å². The highest BCUT2D eigenvalue weighted by Crippen LogP contribution is 2.45. The summed E-state index contributed by atoms with van der Waals surface area (Å²) in [5, 5.41) is 4.80. The average molecular weight is 522 g/mol. The van der Waals surface area contributed by atoms with E-state index in [9.17, 15) is 8.42 Å². The van der Waals surface area contributed by atoms with Crippen molar-refractivity contribution in [3.63, 3.8) is 0 Å². The molecule has 3 aromatic rings. The molecule has 0 amide bonds. The van der Waals surface area contributed by atoms with E-state index >= 15 is 0 Å².